The zero-order valence-electron chi connectivity index (χ0n) is 19.7. The molecule has 1 saturated carbocycles. The minimum absolute atomic E-state index is 0.0579. The highest BCUT2D eigenvalue weighted by molar-refractivity contribution is 5.82. The van der Waals surface area contributed by atoms with Crippen LogP contribution < -0.4 is 5.73 Å². The van der Waals surface area contributed by atoms with Crippen LogP contribution in [0.25, 0.3) is 0 Å². The summed E-state index contributed by atoms with van der Waals surface area (Å²) in [5.74, 6) is 1.79. The lowest BCUT2D eigenvalue weighted by Crippen LogP contribution is -2.34. The van der Waals surface area contributed by atoms with Gasteiger partial charge in [-0.2, -0.15) is 0 Å². The van der Waals surface area contributed by atoms with Crippen LogP contribution in [0.5, 0.6) is 0 Å². The summed E-state index contributed by atoms with van der Waals surface area (Å²) in [6, 6.07) is -0.281. The Morgan fingerprint density at radius 2 is 1.90 bits per heavy atom. The van der Waals surface area contributed by atoms with Gasteiger partial charge in [-0.3, -0.25) is 9.79 Å². The maximum absolute atomic E-state index is 11.9. The number of piperidine rings is 1. The Balaban J connectivity index is 0.000000308. The lowest BCUT2D eigenvalue weighted by atomic mass is 9.85. The fraction of sp³-hybridized carbons (Fsp3) is 0.917. The van der Waals surface area contributed by atoms with E-state index in [1.807, 2.05) is 0 Å². The first-order valence-corrected chi connectivity index (χ1v) is 12.1. The summed E-state index contributed by atoms with van der Waals surface area (Å²) in [6.07, 6.45) is 16.9. The maximum atomic E-state index is 11.9. The fourth-order valence-corrected chi connectivity index (χ4v) is 4.61. The van der Waals surface area contributed by atoms with Crippen molar-refractivity contribution in [2.75, 3.05) is 33.7 Å². The van der Waals surface area contributed by atoms with Gasteiger partial charge in [0.05, 0.1) is 6.34 Å². The SMILES string of the molecule is CCCCCN1CCCC(C)C1.CN(C)C(=O)C(CCC1CCCCC1)N=CN. The molecular weight excluding hydrogens is 360 g/mol. The Bertz CT molecular complexity index is 446. The van der Waals surface area contributed by atoms with Crippen LogP contribution >= 0.6 is 0 Å². The van der Waals surface area contributed by atoms with Gasteiger partial charge >= 0.3 is 0 Å². The zero-order valence-corrected chi connectivity index (χ0v) is 19.7. The summed E-state index contributed by atoms with van der Waals surface area (Å²) in [5.41, 5.74) is 5.31. The second-order valence-electron chi connectivity index (χ2n) is 9.38. The van der Waals surface area contributed by atoms with Gasteiger partial charge < -0.3 is 15.5 Å². The highest BCUT2D eigenvalue weighted by Gasteiger charge is 2.21. The van der Waals surface area contributed by atoms with E-state index < -0.39 is 0 Å². The first kappa shape index (κ1) is 25.9. The van der Waals surface area contributed by atoms with Crippen LogP contribution in [0.1, 0.15) is 90.9 Å². The standard InChI is InChI=1S/C13H25N3O.C11H23N/c1-16(2)13(17)12(15-10-14)9-8-11-6-4-3-5-7-11;1-3-4-5-8-12-9-6-7-11(2)10-12/h10-12H,3-9H2,1-2H3,(H2,14,15);11H,3-10H2,1-2H3. The third-order valence-electron chi connectivity index (χ3n) is 6.38. The molecule has 2 atom stereocenters. The minimum Gasteiger partial charge on any atom is -0.390 e. The normalized spacial score (nSPS) is 22.1. The van der Waals surface area contributed by atoms with Crippen molar-refractivity contribution in [1.82, 2.24) is 9.80 Å². The van der Waals surface area contributed by atoms with Crippen molar-refractivity contribution in [1.29, 1.82) is 0 Å². The Kier molecular flexibility index (Phi) is 14.0. The summed E-state index contributed by atoms with van der Waals surface area (Å²) >= 11 is 0. The molecule has 1 heterocycles. The highest BCUT2D eigenvalue weighted by atomic mass is 16.2. The predicted octanol–water partition coefficient (Wildman–Crippen LogP) is 4.70. The average molecular weight is 409 g/mol. The Morgan fingerprint density at radius 3 is 2.48 bits per heavy atom. The smallest absolute Gasteiger partial charge is 0.246 e. The molecule has 0 bridgehead atoms. The number of amides is 1. The molecule has 2 rings (SSSR count). The van der Waals surface area contributed by atoms with Gasteiger partial charge in [0.15, 0.2) is 0 Å². The van der Waals surface area contributed by atoms with Crippen LogP contribution in [0.15, 0.2) is 4.99 Å². The molecule has 2 N–H and O–H groups in total. The number of hydrogen-bond donors (Lipinski definition) is 1. The third kappa shape index (κ3) is 11.6. The molecule has 29 heavy (non-hydrogen) atoms. The topological polar surface area (TPSA) is 61.9 Å². The number of aliphatic imine (C=N–C) groups is 1. The molecule has 0 spiro atoms. The largest absolute Gasteiger partial charge is 0.390 e. The minimum atomic E-state index is -0.281. The number of unbranched alkanes of at least 4 members (excludes halogenated alkanes) is 2. The maximum Gasteiger partial charge on any atom is 0.246 e. The third-order valence-corrected chi connectivity index (χ3v) is 6.38. The predicted molar refractivity (Wildman–Crippen MR) is 125 cm³/mol. The number of nitrogens with two attached hydrogens (primary N) is 1. The summed E-state index contributed by atoms with van der Waals surface area (Å²) in [5, 5.41) is 0. The molecule has 1 saturated heterocycles. The molecule has 1 amide bonds. The van der Waals surface area contributed by atoms with Gasteiger partial charge in [-0.15, -0.1) is 0 Å². The van der Waals surface area contributed by atoms with Gasteiger partial charge in [0.25, 0.3) is 0 Å². The lowest BCUT2D eigenvalue weighted by Gasteiger charge is -2.30. The van der Waals surface area contributed by atoms with Crippen LogP contribution in [-0.2, 0) is 4.79 Å². The number of likely N-dealkylation sites (tertiary alicyclic amines) is 1. The molecule has 1 aliphatic carbocycles. The summed E-state index contributed by atoms with van der Waals surface area (Å²) in [7, 11) is 3.53. The van der Waals surface area contributed by atoms with E-state index in [2.05, 4.69) is 23.7 Å². The van der Waals surface area contributed by atoms with E-state index in [0.717, 1.165) is 24.7 Å². The Labute approximate surface area is 180 Å². The first-order valence-electron chi connectivity index (χ1n) is 12.1. The van der Waals surface area contributed by atoms with Crippen molar-refractivity contribution in [3.8, 4) is 0 Å². The average Bonchev–Trinajstić information content (AvgIpc) is 2.72. The number of nitrogens with zero attached hydrogens (tertiary/aromatic N) is 3. The Morgan fingerprint density at radius 1 is 1.17 bits per heavy atom. The summed E-state index contributed by atoms with van der Waals surface area (Å²) < 4.78 is 0. The number of rotatable bonds is 9. The van der Waals surface area contributed by atoms with Crippen molar-refractivity contribution in [2.24, 2.45) is 22.6 Å². The molecule has 5 nitrogen and oxygen atoms in total. The van der Waals surface area contributed by atoms with E-state index in [9.17, 15) is 4.79 Å². The van der Waals surface area contributed by atoms with Crippen molar-refractivity contribution >= 4 is 12.2 Å². The van der Waals surface area contributed by atoms with E-state index >= 15 is 0 Å². The van der Waals surface area contributed by atoms with Crippen LogP contribution in [0.2, 0.25) is 0 Å². The van der Waals surface area contributed by atoms with Gasteiger partial charge in [0.2, 0.25) is 5.91 Å². The lowest BCUT2D eigenvalue weighted by molar-refractivity contribution is -0.130. The van der Waals surface area contributed by atoms with Crippen LogP contribution in [0.4, 0.5) is 0 Å². The summed E-state index contributed by atoms with van der Waals surface area (Å²) in [4.78, 5) is 20.2. The van der Waals surface area contributed by atoms with E-state index in [-0.39, 0.29) is 11.9 Å². The van der Waals surface area contributed by atoms with Gasteiger partial charge in [-0.25, -0.2) is 0 Å². The second-order valence-corrected chi connectivity index (χ2v) is 9.38. The first-order chi connectivity index (χ1) is 14.0. The zero-order chi connectivity index (χ0) is 21.5. The molecule has 0 radical (unpaired) electrons. The molecular formula is C24H48N4O. The van der Waals surface area contributed by atoms with E-state index in [1.165, 1.54) is 90.2 Å². The molecule has 5 heteroatoms. The molecule has 2 fully saturated rings. The molecule has 2 aliphatic rings. The van der Waals surface area contributed by atoms with Gasteiger partial charge in [0.1, 0.15) is 6.04 Å². The van der Waals surface area contributed by atoms with E-state index in [1.54, 1.807) is 19.0 Å². The van der Waals surface area contributed by atoms with Crippen LogP contribution in [-0.4, -0.2) is 61.8 Å². The molecule has 0 aromatic rings. The summed E-state index contributed by atoms with van der Waals surface area (Å²) in [6.45, 7) is 8.71. The van der Waals surface area contributed by atoms with Crippen molar-refractivity contribution in [3.63, 3.8) is 0 Å². The number of hydrogen-bond acceptors (Lipinski definition) is 3. The number of carbonyl (C=O) groups is 1. The van der Waals surface area contributed by atoms with Gasteiger partial charge in [0, 0.05) is 20.6 Å². The number of likely N-dealkylation sites (N-methyl/N-ethyl adjacent to an activating group) is 1. The molecule has 2 unspecified atom stereocenters. The molecule has 0 aromatic heterocycles. The van der Waals surface area contributed by atoms with Crippen molar-refractivity contribution in [3.05, 3.63) is 0 Å². The van der Waals surface area contributed by atoms with Crippen molar-refractivity contribution in [2.45, 2.75) is 96.9 Å². The number of carbonyl (C=O) groups excluding carboxylic acids is 1. The quantitative estimate of drug-likeness (QED) is 0.342. The second kappa shape index (κ2) is 15.7. The van der Waals surface area contributed by atoms with Gasteiger partial charge in [-0.1, -0.05) is 58.8 Å². The fourth-order valence-electron chi connectivity index (χ4n) is 4.61. The van der Waals surface area contributed by atoms with Crippen LogP contribution in [0.3, 0.4) is 0 Å². The van der Waals surface area contributed by atoms with Gasteiger partial charge in [-0.05, 0) is 57.0 Å². The molecule has 170 valence electrons. The molecule has 1 aliphatic heterocycles. The highest BCUT2D eigenvalue weighted by Crippen LogP contribution is 2.28. The van der Waals surface area contributed by atoms with E-state index in [4.69, 9.17) is 5.73 Å². The van der Waals surface area contributed by atoms with E-state index in [0.29, 0.717) is 0 Å². The van der Waals surface area contributed by atoms with Crippen molar-refractivity contribution < 1.29 is 4.79 Å². The molecule has 0 aromatic carbocycles. The monoisotopic (exact) mass is 408 g/mol. The van der Waals surface area contributed by atoms with Crippen LogP contribution in [0, 0.1) is 11.8 Å². The Hall–Kier alpha value is -1.10.